The third-order valence-electron chi connectivity index (χ3n) is 5.26. The van der Waals surface area contributed by atoms with E-state index in [4.69, 9.17) is 10.6 Å². The van der Waals surface area contributed by atoms with Crippen LogP contribution in [0.25, 0.3) is 0 Å². The molecule has 2 amide bonds. The zero-order valence-electron chi connectivity index (χ0n) is 22.5. The van der Waals surface area contributed by atoms with E-state index in [9.17, 15) is 34.5 Å². The number of hydrazine groups is 1. The fourth-order valence-electron chi connectivity index (χ4n) is 3.23. The van der Waals surface area contributed by atoms with Crippen molar-refractivity contribution in [3.05, 3.63) is 54.0 Å². The molecule has 0 aliphatic rings. The number of carbonyl (C=O) groups excluding carboxylic acids is 4. The Morgan fingerprint density at radius 3 is 2.22 bits per heavy atom. The van der Waals surface area contributed by atoms with Gasteiger partial charge in [-0.05, 0) is 56.6 Å². The quantitative estimate of drug-likeness (QED) is 0.0590. The molecule has 41 heavy (non-hydrogen) atoms. The maximum Gasteiger partial charge on any atom is 0.328 e. The topological polar surface area (TPSA) is 238 Å². The van der Waals surface area contributed by atoms with Gasteiger partial charge in [0.25, 0.3) is 11.8 Å². The van der Waals surface area contributed by atoms with E-state index in [1.54, 1.807) is 30.5 Å². The van der Waals surface area contributed by atoms with Crippen LogP contribution in [0.15, 0.2) is 42.9 Å². The number of carboxylic acids is 1. The molecule has 1 unspecified atom stereocenters. The number of nitrogens with two attached hydrogens (primary N) is 1. The van der Waals surface area contributed by atoms with Crippen LogP contribution in [0.1, 0.15) is 40.0 Å². The van der Waals surface area contributed by atoms with E-state index in [1.165, 1.54) is 24.4 Å². The van der Waals surface area contributed by atoms with Gasteiger partial charge < -0.3 is 45.8 Å². The minimum absolute atomic E-state index is 0. The third kappa shape index (κ3) is 15.7. The molecule has 0 bridgehead atoms. The average molecular weight is 659 g/mol. The Morgan fingerprint density at radius 1 is 1.02 bits per heavy atom. The number of hydrogen-bond donors (Lipinski definition) is 4. The number of nitrogens with zero attached hydrogens (tertiary/aromatic N) is 3. The number of esters is 1. The van der Waals surface area contributed by atoms with Gasteiger partial charge in [-0.15, -0.1) is 13.2 Å². The van der Waals surface area contributed by atoms with Gasteiger partial charge in [0.1, 0.15) is 11.9 Å². The fourth-order valence-corrected chi connectivity index (χ4v) is 3.23. The molecule has 0 aromatic carbocycles. The van der Waals surface area contributed by atoms with Gasteiger partial charge >= 0.3 is 5.97 Å². The Kier molecular flexibility index (Phi) is 20.3. The number of carboxylic acid groups (broad SMARTS) is 1. The zero-order valence-corrected chi connectivity index (χ0v) is 24.4. The number of pyridine rings is 2. The fraction of sp³-hybridized carbons (Fsp3) is 0.440. The van der Waals surface area contributed by atoms with E-state index < -0.39 is 37.1 Å². The Morgan fingerprint density at radius 2 is 1.71 bits per heavy atom. The average Bonchev–Trinajstić information content (AvgIpc) is 2.96. The summed E-state index contributed by atoms with van der Waals surface area (Å²) in [5.74, 6) is 3.21. The van der Waals surface area contributed by atoms with Crippen LogP contribution in [0.5, 0.6) is 0 Å². The standard InChI is InChI=1S/C19H24N6O4.C6H11NO4.Tc/c1-29-19(28)15(24-18(27)14-7-8-16(25-20)23-12-14)6-2-3-10-22-17(26)13-5-4-9-21-11-13;8-3-1-7(2-4-9)5-6(10)11;/h4-5,7-9,11-12,15H,2-3,6,10,20H2,1H3,(H,22,26)(H,23,25)(H,24,27);1-5H2,(H,10,11);/q;-2;/p-1/i;;1+1. The number of hydrogen-bond acceptors (Lipinski definition) is 13. The number of unbranched alkanes of at least 4 members (excludes halogenated alkanes) is 1. The Bertz CT molecular complexity index is 1040. The predicted octanol–water partition coefficient (Wildman–Crippen LogP) is -3.61. The van der Waals surface area contributed by atoms with Crippen molar-refractivity contribution in [3.8, 4) is 0 Å². The number of ether oxygens (including phenoxy) is 1. The maximum atomic E-state index is 12.3. The van der Waals surface area contributed by atoms with Crippen molar-refractivity contribution >= 4 is 29.6 Å². The van der Waals surface area contributed by atoms with Crippen LogP contribution in [0.4, 0.5) is 5.82 Å². The third-order valence-corrected chi connectivity index (χ3v) is 5.26. The molecule has 2 aromatic rings. The second-order valence-electron chi connectivity index (χ2n) is 8.18. The van der Waals surface area contributed by atoms with Gasteiger partial charge in [0.15, 0.2) is 0 Å². The number of rotatable bonds is 16. The van der Waals surface area contributed by atoms with E-state index in [-0.39, 0.29) is 45.6 Å². The minimum Gasteiger partial charge on any atom is -0.854 e. The number of nitrogens with one attached hydrogen (secondary N) is 3. The molecule has 16 heteroatoms. The van der Waals surface area contributed by atoms with E-state index in [1.807, 2.05) is 0 Å². The number of carbonyl (C=O) groups is 4. The molecule has 2 aromatic heterocycles. The summed E-state index contributed by atoms with van der Waals surface area (Å²) in [6.07, 6.45) is 6.04. The van der Waals surface area contributed by atoms with Crippen molar-refractivity contribution < 1.29 is 59.3 Å². The summed E-state index contributed by atoms with van der Waals surface area (Å²) < 4.78 is 4.77. The van der Waals surface area contributed by atoms with Crippen LogP contribution in [-0.4, -0.2) is 91.2 Å². The summed E-state index contributed by atoms with van der Waals surface area (Å²) in [4.78, 5) is 55.4. The van der Waals surface area contributed by atoms with E-state index in [2.05, 4.69) is 26.0 Å². The van der Waals surface area contributed by atoms with Crippen molar-refractivity contribution in [3.63, 3.8) is 0 Å². The van der Waals surface area contributed by atoms with Gasteiger partial charge in [-0.1, -0.05) is 0 Å². The molecule has 0 spiro atoms. The second-order valence-corrected chi connectivity index (χ2v) is 8.18. The monoisotopic (exact) mass is 659 g/mol. The molecule has 0 aliphatic heterocycles. The molecule has 0 saturated carbocycles. The number of methoxy groups -OCH3 is 1. The normalized spacial score (nSPS) is 10.8. The first-order chi connectivity index (χ1) is 19.2. The van der Waals surface area contributed by atoms with Crippen molar-refractivity contribution in [2.45, 2.75) is 25.3 Å². The largest absolute Gasteiger partial charge is 0.854 e. The summed E-state index contributed by atoms with van der Waals surface area (Å²) in [7, 11) is 1.26. The first kappa shape index (κ1) is 37.5. The molecule has 15 nitrogen and oxygen atoms in total. The Labute approximate surface area is 251 Å². The molecule has 5 N–H and O–H groups in total. The predicted molar refractivity (Wildman–Crippen MR) is 137 cm³/mol. The number of amides is 2. The summed E-state index contributed by atoms with van der Waals surface area (Å²) in [6.45, 7) is -0.496. The van der Waals surface area contributed by atoms with Gasteiger partial charge in [0.2, 0.25) is 0 Å². The second kappa shape index (κ2) is 22.2. The van der Waals surface area contributed by atoms with Crippen LogP contribution in [0, 0.1) is 0 Å². The number of aromatic nitrogens is 2. The molecular weight excluding hydrogens is 625 g/mol. The van der Waals surface area contributed by atoms with Crippen LogP contribution in [0.2, 0.25) is 0 Å². The van der Waals surface area contributed by atoms with Crippen molar-refractivity contribution in [1.82, 2.24) is 25.5 Å². The first-order valence-corrected chi connectivity index (χ1v) is 12.3. The Balaban J connectivity index is 0.00000113. The van der Waals surface area contributed by atoms with Crippen molar-refractivity contribution in [2.24, 2.45) is 5.84 Å². The van der Waals surface area contributed by atoms with Gasteiger partial charge in [0, 0.05) is 51.8 Å². The molecule has 0 fully saturated rings. The SMILES string of the molecule is COC(=O)C(CCCCNC(=O)c1cccnc1)NC(=O)c1ccc(NN)nc1.O=C([O-])CN(CC[O-])CC[O-].[99Tc]. The van der Waals surface area contributed by atoms with Crippen LogP contribution >= 0.6 is 0 Å². The Hall–Kier alpha value is -3.53. The molecule has 2 heterocycles. The van der Waals surface area contributed by atoms with Crippen LogP contribution in [-0.2, 0) is 34.4 Å². The van der Waals surface area contributed by atoms with Gasteiger partial charge in [-0.25, -0.2) is 15.6 Å². The van der Waals surface area contributed by atoms with Gasteiger partial charge in [-0.3, -0.25) is 14.6 Å². The molecule has 0 saturated heterocycles. The molecule has 2 rings (SSSR count). The van der Waals surface area contributed by atoms with Crippen molar-refractivity contribution in [1.29, 1.82) is 0 Å². The summed E-state index contributed by atoms with van der Waals surface area (Å²) in [5, 5.41) is 35.5. The zero-order chi connectivity index (χ0) is 29.8. The van der Waals surface area contributed by atoms with Crippen LogP contribution in [0.3, 0.4) is 0 Å². The number of anilines is 1. The molecule has 227 valence electrons. The van der Waals surface area contributed by atoms with Crippen LogP contribution < -0.4 is 37.2 Å². The smallest absolute Gasteiger partial charge is 0.328 e. The molecular formula is C25H34N7O8Tc-3. The maximum absolute atomic E-state index is 12.3. The number of nitrogen functional groups attached to an aromatic ring is 1. The number of aliphatic carboxylic acids is 1. The van der Waals surface area contributed by atoms with Gasteiger partial charge in [0.05, 0.1) is 24.2 Å². The van der Waals surface area contributed by atoms with E-state index >= 15 is 0 Å². The van der Waals surface area contributed by atoms with E-state index in [0.29, 0.717) is 42.8 Å². The first-order valence-electron chi connectivity index (χ1n) is 12.3. The van der Waals surface area contributed by atoms with Gasteiger partial charge in [-0.2, -0.15) is 0 Å². The summed E-state index contributed by atoms with van der Waals surface area (Å²) >= 11 is 0. The summed E-state index contributed by atoms with van der Waals surface area (Å²) in [5.41, 5.74) is 3.15. The van der Waals surface area contributed by atoms with Crippen molar-refractivity contribution in [2.75, 3.05) is 51.9 Å². The molecule has 1 atom stereocenters. The molecule has 1 radical (unpaired) electrons. The minimum atomic E-state index is -1.26. The summed E-state index contributed by atoms with van der Waals surface area (Å²) in [6, 6.07) is 5.66. The molecule has 0 aliphatic carbocycles. The van der Waals surface area contributed by atoms with E-state index in [0.717, 1.165) is 0 Å².